The third-order valence-corrected chi connectivity index (χ3v) is 8.83. The zero-order valence-corrected chi connectivity index (χ0v) is 15.7. The van der Waals surface area contributed by atoms with Gasteiger partial charge in [-0.15, -0.1) is 0 Å². The number of ether oxygens (including phenoxy) is 2. The van der Waals surface area contributed by atoms with E-state index < -0.39 is 8.32 Å². The lowest BCUT2D eigenvalue weighted by atomic mass is 10.1. The molecule has 0 heterocycles. The maximum absolute atomic E-state index is 9.46. The molecule has 0 spiro atoms. The van der Waals surface area contributed by atoms with Gasteiger partial charge in [-0.2, -0.15) is 0 Å². The van der Waals surface area contributed by atoms with Crippen molar-refractivity contribution in [1.82, 2.24) is 0 Å². The van der Waals surface area contributed by atoms with Gasteiger partial charge in [-0.05, 0) is 42.2 Å². The number of aliphatic hydroxyl groups excluding tert-OH is 1. The molecular formula is C17H30O4Si. The van der Waals surface area contributed by atoms with Crippen molar-refractivity contribution in [3.05, 3.63) is 29.3 Å². The Balaban J connectivity index is 2.64. The normalized spacial score (nSPS) is 12.5. The quantitative estimate of drug-likeness (QED) is 0.584. The van der Waals surface area contributed by atoms with Gasteiger partial charge >= 0.3 is 0 Å². The first-order valence-corrected chi connectivity index (χ1v) is 10.6. The number of methoxy groups -OCH3 is 1. The Morgan fingerprint density at radius 2 is 1.86 bits per heavy atom. The van der Waals surface area contributed by atoms with E-state index in [0.29, 0.717) is 12.4 Å². The smallest absolute Gasteiger partial charge is 0.191 e. The van der Waals surface area contributed by atoms with E-state index in [2.05, 4.69) is 33.9 Å². The Kier molecular flexibility index (Phi) is 7.06. The first-order valence-electron chi connectivity index (χ1n) is 7.69. The molecule has 0 radical (unpaired) electrons. The van der Waals surface area contributed by atoms with Gasteiger partial charge in [0.15, 0.2) is 15.1 Å². The molecule has 0 aliphatic rings. The summed E-state index contributed by atoms with van der Waals surface area (Å²) in [6, 6.07) is 5.87. The Morgan fingerprint density at radius 3 is 2.41 bits per heavy atom. The van der Waals surface area contributed by atoms with E-state index in [1.54, 1.807) is 7.11 Å². The van der Waals surface area contributed by atoms with Crippen molar-refractivity contribution in [2.45, 2.75) is 51.9 Å². The van der Waals surface area contributed by atoms with Crippen LogP contribution in [-0.2, 0) is 22.2 Å². The van der Waals surface area contributed by atoms with Crippen LogP contribution in [0.4, 0.5) is 0 Å². The summed E-state index contributed by atoms with van der Waals surface area (Å²) in [5, 5.41) is 9.68. The monoisotopic (exact) mass is 326 g/mol. The van der Waals surface area contributed by atoms with Crippen molar-refractivity contribution in [3.63, 3.8) is 0 Å². The third-order valence-electron chi connectivity index (χ3n) is 4.29. The van der Waals surface area contributed by atoms with Gasteiger partial charge in [0.05, 0.1) is 6.61 Å². The fourth-order valence-electron chi connectivity index (χ4n) is 1.82. The van der Waals surface area contributed by atoms with Crippen molar-refractivity contribution in [1.29, 1.82) is 0 Å². The molecule has 1 aromatic carbocycles. The Bertz CT molecular complexity index is 466. The molecule has 126 valence electrons. The van der Waals surface area contributed by atoms with Gasteiger partial charge in [0.1, 0.15) is 5.75 Å². The molecule has 0 saturated carbocycles. The lowest BCUT2D eigenvalue weighted by Crippen LogP contribution is -2.41. The van der Waals surface area contributed by atoms with Crippen LogP contribution in [0.5, 0.6) is 5.75 Å². The number of hydrogen-bond acceptors (Lipinski definition) is 4. The maximum Gasteiger partial charge on any atom is 0.191 e. The van der Waals surface area contributed by atoms with E-state index in [9.17, 15) is 5.11 Å². The predicted octanol–water partition coefficient (Wildman–Crippen LogP) is 3.73. The standard InChI is InChI=1S/C17H30O4Si/c1-17(2,3)22(5,6)21-10-9-14-7-8-16(20-13-19-4)15(11-14)12-18/h7-8,11,18H,9-10,12-13H2,1-6H3. The van der Waals surface area contributed by atoms with Crippen LogP contribution in [0.3, 0.4) is 0 Å². The SMILES string of the molecule is COCOc1ccc(CCO[Si](C)(C)C(C)(C)C)cc1CO. The number of hydrogen-bond donors (Lipinski definition) is 1. The largest absolute Gasteiger partial charge is 0.467 e. The van der Waals surface area contributed by atoms with Crippen LogP contribution in [0.15, 0.2) is 18.2 Å². The Morgan fingerprint density at radius 1 is 1.18 bits per heavy atom. The molecule has 0 fully saturated rings. The molecule has 4 nitrogen and oxygen atoms in total. The van der Waals surface area contributed by atoms with Gasteiger partial charge in [0.25, 0.3) is 0 Å². The molecular weight excluding hydrogens is 296 g/mol. The molecule has 1 rings (SSSR count). The summed E-state index contributed by atoms with van der Waals surface area (Å²) >= 11 is 0. The molecule has 1 N–H and O–H groups in total. The number of rotatable bonds is 8. The summed E-state index contributed by atoms with van der Waals surface area (Å²) < 4.78 is 16.5. The molecule has 0 aromatic heterocycles. The van der Waals surface area contributed by atoms with Gasteiger partial charge in [-0.3, -0.25) is 0 Å². The van der Waals surface area contributed by atoms with Gasteiger partial charge in [0.2, 0.25) is 0 Å². The highest BCUT2D eigenvalue weighted by Gasteiger charge is 2.36. The van der Waals surface area contributed by atoms with Gasteiger partial charge in [-0.25, -0.2) is 0 Å². The van der Waals surface area contributed by atoms with Crippen molar-refractivity contribution in [2.75, 3.05) is 20.5 Å². The van der Waals surface area contributed by atoms with E-state index >= 15 is 0 Å². The third kappa shape index (κ3) is 5.39. The first-order chi connectivity index (χ1) is 10.2. The van der Waals surface area contributed by atoms with Crippen LogP contribution >= 0.6 is 0 Å². The first kappa shape index (κ1) is 19.2. The minimum atomic E-state index is -1.70. The number of aliphatic hydroxyl groups is 1. The maximum atomic E-state index is 9.46. The second kappa shape index (κ2) is 8.11. The highest BCUT2D eigenvalue weighted by Crippen LogP contribution is 2.36. The van der Waals surface area contributed by atoms with Crippen molar-refractivity contribution in [3.8, 4) is 5.75 Å². The van der Waals surface area contributed by atoms with E-state index in [1.807, 2.05) is 18.2 Å². The summed E-state index contributed by atoms with van der Waals surface area (Å²) in [6.07, 6.45) is 0.837. The number of benzene rings is 1. The molecule has 0 bridgehead atoms. The molecule has 0 saturated heterocycles. The summed E-state index contributed by atoms with van der Waals surface area (Å²) in [6.45, 7) is 12.1. The highest BCUT2D eigenvalue weighted by molar-refractivity contribution is 6.74. The van der Waals surface area contributed by atoms with Crippen molar-refractivity contribution in [2.24, 2.45) is 0 Å². The zero-order valence-electron chi connectivity index (χ0n) is 14.7. The molecule has 0 atom stereocenters. The Hall–Kier alpha value is -0.883. The van der Waals surface area contributed by atoms with E-state index in [0.717, 1.165) is 17.5 Å². The molecule has 0 amide bonds. The van der Waals surface area contributed by atoms with Crippen LogP contribution in [0.25, 0.3) is 0 Å². The fourth-order valence-corrected chi connectivity index (χ4v) is 2.86. The molecule has 0 aliphatic carbocycles. The Labute approximate surface area is 135 Å². The lowest BCUT2D eigenvalue weighted by Gasteiger charge is -2.36. The van der Waals surface area contributed by atoms with Crippen LogP contribution < -0.4 is 4.74 Å². The van der Waals surface area contributed by atoms with E-state index in [4.69, 9.17) is 13.9 Å². The van der Waals surface area contributed by atoms with E-state index in [-0.39, 0.29) is 18.4 Å². The predicted molar refractivity (Wildman–Crippen MR) is 91.7 cm³/mol. The lowest BCUT2D eigenvalue weighted by molar-refractivity contribution is 0.0495. The minimum absolute atomic E-state index is 0.0457. The molecule has 0 aliphatic heterocycles. The summed E-state index contributed by atoms with van der Waals surface area (Å²) in [5.41, 5.74) is 1.93. The van der Waals surface area contributed by atoms with E-state index in [1.165, 1.54) is 0 Å². The fraction of sp³-hybridized carbons (Fsp3) is 0.647. The molecule has 22 heavy (non-hydrogen) atoms. The molecule has 5 heteroatoms. The molecule has 1 aromatic rings. The second-order valence-corrected chi connectivity index (χ2v) is 11.8. The topological polar surface area (TPSA) is 47.9 Å². The summed E-state index contributed by atoms with van der Waals surface area (Å²) in [7, 11) is -0.125. The van der Waals surface area contributed by atoms with Crippen LogP contribution in [0.1, 0.15) is 31.9 Å². The van der Waals surface area contributed by atoms with Crippen LogP contribution in [-0.4, -0.2) is 33.9 Å². The van der Waals surface area contributed by atoms with Crippen LogP contribution in [0.2, 0.25) is 18.1 Å². The summed E-state index contributed by atoms with van der Waals surface area (Å²) in [4.78, 5) is 0. The van der Waals surface area contributed by atoms with Crippen molar-refractivity contribution >= 4 is 8.32 Å². The second-order valence-electron chi connectivity index (χ2n) is 7.01. The minimum Gasteiger partial charge on any atom is -0.467 e. The molecule has 0 unspecified atom stereocenters. The average Bonchev–Trinajstić information content (AvgIpc) is 2.44. The van der Waals surface area contributed by atoms with Crippen molar-refractivity contribution < 1.29 is 19.0 Å². The van der Waals surface area contributed by atoms with Crippen LogP contribution in [0, 0.1) is 0 Å². The average molecular weight is 327 g/mol. The summed E-state index contributed by atoms with van der Waals surface area (Å²) in [5.74, 6) is 0.665. The van der Waals surface area contributed by atoms with Gasteiger partial charge in [-0.1, -0.05) is 26.8 Å². The highest BCUT2D eigenvalue weighted by atomic mass is 28.4. The van der Waals surface area contributed by atoms with Gasteiger partial charge < -0.3 is 19.0 Å². The zero-order chi connectivity index (χ0) is 16.8. The van der Waals surface area contributed by atoms with Gasteiger partial charge in [0, 0.05) is 19.3 Å².